The highest BCUT2D eigenvalue weighted by molar-refractivity contribution is 6.35. The number of fused-ring (bicyclic) bond motifs is 1. The molecule has 3 nitrogen and oxygen atoms in total. The number of benzene rings is 1. The summed E-state index contributed by atoms with van der Waals surface area (Å²) >= 11 is 6.41. The van der Waals surface area contributed by atoms with Crippen molar-refractivity contribution < 1.29 is 4.79 Å². The number of hydrogen-bond acceptors (Lipinski definition) is 2. The molecular weight excluding hydrogens is 332 g/mol. The molecule has 0 aliphatic carbocycles. The molecule has 1 aliphatic heterocycles. The molecule has 4 heteroatoms. The van der Waals surface area contributed by atoms with Crippen LogP contribution in [0.2, 0.25) is 5.02 Å². The first kappa shape index (κ1) is 18.5. The molecule has 136 valence electrons. The van der Waals surface area contributed by atoms with Crippen LogP contribution in [0.25, 0.3) is 10.9 Å². The Morgan fingerprint density at radius 1 is 1.24 bits per heavy atom. The van der Waals surface area contributed by atoms with Gasteiger partial charge in [0.15, 0.2) is 5.78 Å². The summed E-state index contributed by atoms with van der Waals surface area (Å²) in [5.41, 5.74) is 1.77. The number of aromatic nitrogens is 1. The molecular formula is C21H29ClN2O. The van der Waals surface area contributed by atoms with Crippen LogP contribution in [0.4, 0.5) is 0 Å². The highest BCUT2D eigenvalue weighted by Crippen LogP contribution is 2.29. The van der Waals surface area contributed by atoms with E-state index in [9.17, 15) is 4.79 Å². The van der Waals surface area contributed by atoms with Gasteiger partial charge in [0.2, 0.25) is 0 Å². The van der Waals surface area contributed by atoms with E-state index in [1.54, 1.807) is 6.92 Å². The number of carbonyl (C=O) groups excluding carboxylic acids is 1. The number of ketones is 1. The molecule has 0 bridgehead atoms. The molecule has 2 aromatic rings. The molecule has 0 N–H and O–H groups in total. The number of piperidine rings is 1. The summed E-state index contributed by atoms with van der Waals surface area (Å²) in [5, 5.41) is 1.70. The number of carbonyl (C=O) groups is 1. The van der Waals surface area contributed by atoms with Crippen molar-refractivity contribution in [3.63, 3.8) is 0 Å². The van der Waals surface area contributed by atoms with Gasteiger partial charge in [-0.3, -0.25) is 4.79 Å². The van der Waals surface area contributed by atoms with Gasteiger partial charge < -0.3 is 9.47 Å². The lowest BCUT2D eigenvalue weighted by Gasteiger charge is -2.31. The zero-order valence-electron chi connectivity index (χ0n) is 15.4. The van der Waals surface area contributed by atoms with E-state index in [0.717, 1.165) is 46.9 Å². The molecule has 25 heavy (non-hydrogen) atoms. The van der Waals surface area contributed by atoms with E-state index >= 15 is 0 Å². The van der Waals surface area contributed by atoms with Crippen LogP contribution in [0.1, 0.15) is 56.3 Å². The van der Waals surface area contributed by atoms with Gasteiger partial charge in [-0.25, -0.2) is 0 Å². The molecule has 0 atom stereocenters. The SMILES string of the molecule is CCCC1CCN(CCCn2cc(C(C)=O)c3cccc(Cl)c32)CC1. The summed E-state index contributed by atoms with van der Waals surface area (Å²) in [6.45, 7) is 8.41. The molecule has 0 saturated carbocycles. The Bertz CT molecular complexity index is 729. The van der Waals surface area contributed by atoms with Crippen LogP contribution in [0, 0.1) is 5.92 Å². The van der Waals surface area contributed by atoms with Crippen molar-refractivity contribution in [3.05, 3.63) is 35.0 Å². The molecule has 0 spiro atoms. The second-order valence-corrected chi connectivity index (χ2v) is 7.76. The predicted molar refractivity (Wildman–Crippen MR) is 106 cm³/mol. The number of hydrogen-bond donors (Lipinski definition) is 0. The number of nitrogens with zero attached hydrogens (tertiary/aromatic N) is 2. The molecule has 1 aromatic carbocycles. The van der Waals surface area contributed by atoms with Gasteiger partial charge in [0.05, 0.1) is 10.5 Å². The minimum absolute atomic E-state index is 0.101. The number of halogens is 1. The average molecular weight is 361 g/mol. The molecule has 0 radical (unpaired) electrons. The van der Waals surface area contributed by atoms with E-state index in [4.69, 9.17) is 11.6 Å². The summed E-state index contributed by atoms with van der Waals surface area (Å²) in [6.07, 6.45) is 8.46. The quantitative estimate of drug-likeness (QED) is 0.617. The number of Topliss-reactive ketones (excluding diaryl/α,β-unsaturated/α-hetero) is 1. The molecule has 2 heterocycles. The summed E-state index contributed by atoms with van der Waals surface area (Å²) in [6, 6.07) is 5.82. The Hall–Kier alpha value is -1.32. The van der Waals surface area contributed by atoms with E-state index in [1.807, 2.05) is 24.4 Å². The van der Waals surface area contributed by atoms with Gasteiger partial charge in [-0.15, -0.1) is 0 Å². The number of para-hydroxylation sites is 1. The third-order valence-corrected chi connectivity index (χ3v) is 5.81. The summed E-state index contributed by atoms with van der Waals surface area (Å²) < 4.78 is 2.16. The molecule has 1 saturated heterocycles. The third kappa shape index (κ3) is 4.27. The first-order valence-electron chi connectivity index (χ1n) is 9.60. The maximum atomic E-state index is 11.9. The lowest BCUT2D eigenvalue weighted by atomic mass is 9.92. The van der Waals surface area contributed by atoms with Crippen LogP contribution < -0.4 is 0 Å². The molecule has 3 rings (SSSR count). The predicted octanol–water partition coefficient (Wildman–Crippen LogP) is 5.40. The van der Waals surface area contributed by atoms with E-state index < -0.39 is 0 Å². The van der Waals surface area contributed by atoms with E-state index in [1.165, 1.54) is 38.8 Å². The van der Waals surface area contributed by atoms with Crippen LogP contribution >= 0.6 is 11.6 Å². The number of likely N-dealkylation sites (tertiary alicyclic amines) is 1. The van der Waals surface area contributed by atoms with Gasteiger partial charge in [-0.1, -0.05) is 43.5 Å². The first-order valence-corrected chi connectivity index (χ1v) is 9.98. The zero-order valence-corrected chi connectivity index (χ0v) is 16.2. The molecule has 1 aromatic heterocycles. The minimum Gasteiger partial charge on any atom is -0.345 e. The van der Waals surface area contributed by atoms with Crippen molar-refractivity contribution in [2.75, 3.05) is 19.6 Å². The van der Waals surface area contributed by atoms with E-state index in [2.05, 4.69) is 16.4 Å². The molecule has 0 amide bonds. The Morgan fingerprint density at radius 3 is 2.68 bits per heavy atom. The molecule has 1 aliphatic rings. The van der Waals surface area contributed by atoms with Crippen molar-refractivity contribution in [2.45, 2.75) is 52.5 Å². The van der Waals surface area contributed by atoms with E-state index in [0.29, 0.717) is 0 Å². The monoisotopic (exact) mass is 360 g/mol. The fourth-order valence-electron chi connectivity index (χ4n) is 4.14. The van der Waals surface area contributed by atoms with Gasteiger partial charge in [-0.2, -0.15) is 0 Å². The van der Waals surface area contributed by atoms with Crippen molar-refractivity contribution in [1.29, 1.82) is 0 Å². The molecule has 0 unspecified atom stereocenters. The van der Waals surface area contributed by atoms with Crippen LogP contribution in [-0.4, -0.2) is 34.9 Å². The van der Waals surface area contributed by atoms with Crippen LogP contribution in [0.5, 0.6) is 0 Å². The highest BCUT2D eigenvalue weighted by Gasteiger charge is 2.18. The fraction of sp³-hybridized carbons (Fsp3) is 0.571. The van der Waals surface area contributed by atoms with E-state index in [-0.39, 0.29) is 5.78 Å². The Labute approximate surface area is 155 Å². The van der Waals surface area contributed by atoms with Crippen molar-refractivity contribution in [1.82, 2.24) is 9.47 Å². The standard InChI is InChI=1S/C21H29ClN2O/c1-3-6-17-9-13-23(14-10-17)11-5-12-24-15-19(16(2)25)18-7-4-8-20(22)21(18)24/h4,7-8,15,17H,3,5-6,9-14H2,1-2H3. The zero-order chi connectivity index (χ0) is 17.8. The maximum Gasteiger partial charge on any atom is 0.161 e. The van der Waals surface area contributed by atoms with Crippen LogP contribution in [0.3, 0.4) is 0 Å². The summed E-state index contributed by atoms with van der Waals surface area (Å²) in [7, 11) is 0. The lowest BCUT2D eigenvalue weighted by molar-refractivity contribution is 0.101. The highest BCUT2D eigenvalue weighted by atomic mass is 35.5. The topological polar surface area (TPSA) is 25.2 Å². The Morgan fingerprint density at radius 2 is 2.00 bits per heavy atom. The third-order valence-electron chi connectivity index (χ3n) is 5.51. The smallest absolute Gasteiger partial charge is 0.161 e. The number of aryl methyl sites for hydroxylation is 1. The average Bonchev–Trinajstić information content (AvgIpc) is 2.97. The van der Waals surface area contributed by atoms with Crippen LogP contribution in [-0.2, 0) is 6.54 Å². The summed E-state index contributed by atoms with van der Waals surface area (Å²) in [5.74, 6) is 1.04. The van der Waals surface area contributed by atoms with Gasteiger partial charge in [0, 0.05) is 23.7 Å². The lowest BCUT2D eigenvalue weighted by Crippen LogP contribution is -2.34. The summed E-state index contributed by atoms with van der Waals surface area (Å²) in [4.78, 5) is 14.5. The maximum absolute atomic E-state index is 11.9. The van der Waals surface area contributed by atoms with Gasteiger partial charge >= 0.3 is 0 Å². The van der Waals surface area contributed by atoms with Crippen molar-refractivity contribution in [2.24, 2.45) is 5.92 Å². The normalized spacial score (nSPS) is 16.6. The molecule has 1 fully saturated rings. The van der Waals surface area contributed by atoms with Gasteiger partial charge in [-0.05, 0) is 57.8 Å². The van der Waals surface area contributed by atoms with Crippen molar-refractivity contribution in [3.8, 4) is 0 Å². The number of rotatable bonds is 7. The minimum atomic E-state index is 0.101. The van der Waals surface area contributed by atoms with Crippen molar-refractivity contribution >= 4 is 28.3 Å². The fourth-order valence-corrected chi connectivity index (χ4v) is 4.43. The van der Waals surface area contributed by atoms with Crippen LogP contribution in [0.15, 0.2) is 24.4 Å². The van der Waals surface area contributed by atoms with Gasteiger partial charge in [0.25, 0.3) is 0 Å². The second kappa shape index (κ2) is 8.37. The first-order chi connectivity index (χ1) is 12.1. The largest absolute Gasteiger partial charge is 0.345 e. The second-order valence-electron chi connectivity index (χ2n) is 7.36. The Kier molecular flexibility index (Phi) is 6.19. The Balaban J connectivity index is 1.61. The van der Waals surface area contributed by atoms with Gasteiger partial charge in [0.1, 0.15) is 0 Å².